The number of fused-ring (bicyclic) bond motifs is 1. The molecule has 3 rings (SSSR count). The van der Waals surface area contributed by atoms with Crippen LogP contribution in [0.4, 0.5) is 10.1 Å². The molecule has 0 aliphatic carbocycles. The van der Waals surface area contributed by atoms with Gasteiger partial charge in [-0.25, -0.2) is 9.18 Å². The molecule has 0 bridgehead atoms. The Balaban J connectivity index is 1.83. The molecule has 0 fully saturated rings. The van der Waals surface area contributed by atoms with Crippen LogP contribution in [0.3, 0.4) is 0 Å². The molecule has 0 radical (unpaired) electrons. The Morgan fingerprint density at radius 3 is 2.75 bits per heavy atom. The number of aromatic carboxylic acids is 1. The third-order valence-corrected chi connectivity index (χ3v) is 6.32. The molecule has 0 saturated carbocycles. The maximum absolute atomic E-state index is 14.2. The number of halogens is 1. The summed E-state index contributed by atoms with van der Waals surface area (Å²) in [6.07, 6.45) is 4.36. The van der Waals surface area contributed by atoms with Crippen LogP contribution < -0.4 is 14.8 Å². The van der Waals surface area contributed by atoms with Crippen molar-refractivity contribution < 1.29 is 23.4 Å². The van der Waals surface area contributed by atoms with Gasteiger partial charge in [0.15, 0.2) is 0 Å². The van der Waals surface area contributed by atoms with Gasteiger partial charge in [-0.05, 0) is 43.2 Å². The van der Waals surface area contributed by atoms with E-state index < -0.39 is 5.97 Å². The number of carbonyl (C=O) groups is 1. The molecule has 0 aliphatic heterocycles. The van der Waals surface area contributed by atoms with E-state index in [1.807, 2.05) is 13.0 Å². The molecule has 2 aromatic carbocycles. The first-order valence-electron chi connectivity index (χ1n) is 10.3. The van der Waals surface area contributed by atoms with E-state index in [4.69, 9.17) is 9.15 Å². The SMILES string of the molecule is C/C=C(\NC(c1ccc(F)c2ccoc12)C(C)CC)SNc1ccc(C(=O)O)cc1OC. The van der Waals surface area contributed by atoms with Crippen molar-refractivity contribution >= 4 is 34.6 Å². The van der Waals surface area contributed by atoms with Crippen molar-refractivity contribution in [3.8, 4) is 5.75 Å². The summed E-state index contributed by atoms with van der Waals surface area (Å²) in [5, 5.41) is 14.1. The first-order chi connectivity index (χ1) is 15.4. The molecule has 1 aromatic heterocycles. The van der Waals surface area contributed by atoms with Gasteiger partial charge in [0.1, 0.15) is 17.1 Å². The van der Waals surface area contributed by atoms with E-state index in [1.165, 1.54) is 43.5 Å². The highest BCUT2D eigenvalue weighted by atomic mass is 32.2. The number of carboxylic acids is 1. The first-order valence-corrected chi connectivity index (χ1v) is 11.1. The number of anilines is 1. The highest BCUT2D eigenvalue weighted by Gasteiger charge is 2.24. The van der Waals surface area contributed by atoms with Gasteiger partial charge in [-0.15, -0.1) is 0 Å². The maximum Gasteiger partial charge on any atom is 0.335 e. The molecular formula is C24H27FN2O4S. The predicted molar refractivity (Wildman–Crippen MR) is 126 cm³/mol. The number of ether oxygens (including phenoxy) is 1. The number of furan rings is 1. The van der Waals surface area contributed by atoms with E-state index in [0.29, 0.717) is 22.4 Å². The number of rotatable bonds is 10. The van der Waals surface area contributed by atoms with Gasteiger partial charge in [0, 0.05) is 17.5 Å². The average Bonchev–Trinajstić information content (AvgIpc) is 3.30. The highest BCUT2D eigenvalue weighted by Crippen LogP contribution is 2.35. The Bertz CT molecular complexity index is 1130. The van der Waals surface area contributed by atoms with Crippen LogP contribution in [-0.4, -0.2) is 18.2 Å². The van der Waals surface area contributed by atoms with E-state index in [9.17, 15) is 14.3 Å². The quantitative estimate of drug-likeness (QED) is 0.296. The molecule has 2 unspecified atom stereocenters. The molecule has 2 atom stereocenters. The van der Waals surface area contributed by atoms with E-state index in [-0.39, 0.29) is 23.3 Å². The van der Waals surface area contributed by atoms with Gasteiger partial charge < -0.3 is 24.3 Å². The van der Waals surface area contributed by atoms with Crippen LogP contribution in [0.25, 0.3) is 11.0 Å². The lowest BCUT2D eigenvalue weighted by Gasteiger charge is -2.27. The summed E-state index contributed by atoms with van der Waals surface area (Å²) in [6, 6.07) is 9.44. The molecule has 0 aliphatic rings. The number of hydrogen-bond donors (Lipinski definition) is 3. The second kappa shape index (κ2) is 10.5. The summed E-state index contributed by atoms with van der Waals surface area (Å²) in [7, 11) is 1.49. The smallest absolute Gasteiger partial charge is 0.335 e. The van der Waals surface area contributed by atoms with Gasteiger partial charge in [-0.3, -0.25) is 0 Å². The van der Waals surface area contributed by atoms with Crippen molar-refractivity contribution in [1.29, 1.82) is 0 Å². The van der Waals surface area contributed by atoms with Crippen molar-refractivity contribution in [1.82, 2.24) is 5.32 Å². The second-order valence-corrected chi connectivity index (χ2v) is 8.23. The van der Waals surface area contributed by atoms with E-state index in [2.05, 4.69) is 23.9 Å². The number of allylic oxidation sites excluding steroid dienone is 1. The summed E-state index contributed by atoms with van der Waals surface area (Å²) in [6.45, 7) is 6.16. The minimum atomic E-state index is -1.02. The molecule has 32 heavy (non-hydrogen) atoms. The molecule has 3 N–H and O–H groups in total. The van der Waals surface area contributed by atoms with Crippen molar-refractivity contribution in [2.24, 2.45) is 5.92 Å². The summed E-state index contributed by atoms with van der Waals surface area (Å²) >= 11 is 1.35. The number of benzene rings is 2. The van der Waals surface area contributed by atoms with E-state index in [0.717, 1.165) is 17.0 Å². The lowest BCUT2D eigenvalue weighted by molar-refractivity contribution is 0.0696. The Labute approximate surface area is 191 Å². The molecule has 0 amide bonds. The van der Waals surface area contributed by atoms with Crippen LogP contribution in [0, 0.1) is 11.7 Å². The van der Waals surface area contributed by atoms with Gasteiger partial charge in [0.25, 0.3) is 0 Å². The Hall–Kier alpha value is -3.13. The minimum absolute atomic E-state index is 0.106. The third-order valence-electron chi connectivity index (χ3n) is 5.42. The second-order valence-electron chi connectivity index (χ2n) is 7.38. The molecule has 8 heteroatoms. The zero-order valence-electron chi connectivity index (χ0n) is 18.4. The normalized spacial score (nSPS) is 13.6. The largest absolute Gasteiger partial charge is 0.495 e. The van der Waals surface area contributed by atoms with Crippen LogP contribution in [0.5, 0.6) is 5.75 Å². The third kappa shape index (κ3) is 5.02. The summed E-state index contributed by atoms with van der Waals surface area (Å²) in [5.74, 6) is -0.645. The standard InChI is InChI=1S/C24H27FN2O4S/c1-5-14(3)22(17-8-9-18(25)16-11-12-31-23(16)17)26-21(6-2)32-27-19-10-7-15(24(28)29)13-20(19)30-4/h6-14,22,26-27H,5H2,1-4H3,(H,28,29)/b21-6+. The number of carboxylic acid groups (broad SMARTS) is 1. The van der Waals surface area contributed by atoms with Crippen LogP contribution in [-0.2, 0) is 0 Å². The number of methoxy groups -OCH3 is 1. The summed E-state index contributed by atoms with van der Waals surface area (Å²) in [5.41, 5.74) is 2.24. The average molecular weight is 459 g/mol. The topological polar surface area (TPSA) is 83.7 Å². The Morgan fingerprint density at radius 1 is 1.31 bits per heavy atom. The summed E-state index contributed by atoms with van der Waals surface area (Å²) in [4.78, 5) is 11.2. The lowest BCUT2D eigenvalue weighted by atomic mass is 9.91. The van der Waals surface area contributed by atoms with Crippen molar-refractivity contribution in [2.75, 3.05) is 11.8 Å². The minimum Gasteiger partial charge on any atom is -0.495 e. The van der Waals surface area contributed by atoms with Gasteiger partial charge in [0.05, 0.1) is 41.1 Å². The van der Waals surface area contributed by atoms with E-state index >= 15 is 0 Å². The van der Waals surface area contributed by atoms with Crippen molar-refractivity contribution in [3.05, 3.63) is 70.7 Å². The van der Waals surface area contributed by atoms with Crippen LogP contribution in [0.1, 0.15) is 49.2 Å². The Kier molecular flexibility index (Phi) is 7.69. The molecule has 0 spiro atoms. The zero-order valence-corrected chi connectivity index (χ0v) is 19.3. The summed E-state index contributed by atoms with van der Waals surface area (Å²) < 4.78 is 28.4. The molecule has 1 heterocycles. The van der Waals surface area contributed by atoms with Crippen LogP contribution in [0.2, 0.25) is 0 Å². The highest BCUT2D eigenvalue weighted by molar-refractivity contribution is 8.04. The zero-order chi connectivity index (χ0) is 23.3. The first kappa shape index (κ1) is 23.5. The van der Waals surface area contributed by atoms with Gasteiger partial charge in [0.2, 0.25) is 0 Å². The maximum atomic E-state index is 14.2. The number of nitrogens with one attached hydrogen (secondary N) is 2. The van der Waals surface area contributed by atoms with E-state index in [1.54, 1.807) is 18.2 Å². The predicted octanol–water partition coefficient (Wildman–Crippen LogP) is 6.58. The monoisotopic (exact) mass is 458 g/mol. The molecule has 3 aromatic rings. The molecule has 170 valence electrons. The lowest BCUT2D eigenvalue weighted by Crippen LogP contribution is -2.26. The van der Waals surface area contributed by atoms with Crippen LogP contribution in [0.15, 0.2) is 58.2 Å². The molecular weight excluding hydrogens is 431 g/mol. The molecule has 0 saturated heterocycles. The van der Waals surface area contributed by atoms with Crippen LogP contribution >= 0.6 is 11.9 Å². The van der Waals surface area contributed by atoms with Gasteiger partial charge in [-0.1, -0.05) is 32.4 Å². The fraction of sp³-hybridized carbons (Fsp3) is 0.292. The van der Waals surface area contributed by atoms with Crippen molar-refractivity contribution in [2.45, 2.75) is 33.2 Å². The van der Waals surface area contributed by atoms with Gasteiger partial charge >= 0.3 is 5.97 Å². The van der Waals surface area contributed by atoms with Gasteiger partial charge in [-0.2, -0.15) is 0 Å². The fourth-order valence-corrected chi connectivity index (χ4v) is 4.09. The fourth-order valence-electron chi connectivity index (χ4n) is 3.40. The number of hydrogen-bond acceptors (Lipinski definition) is 6. The Morgan fingerprint density at radius 2 is 2.09 bits per heavy atom. The van der Waals surface area contributed by atoms with Crippen molar-refractivity contribution in [3.63, 3.8) is 0 Å². The molecule has 6 nitrogen and oxygen atoms in total.